The molecular weight excluding hydrogens is 540 g/mol. The smallest absolute Gasteiger partial charge is 0.309 e. The highest BCUT2D eigenvalue weighted by Crippen LogP contribution is 2.50. The van der Waals surface area contributed by atoms with Gasteiger partial charge in [0.15, 0.2) is 0 Å². The van der Waals surface area contributed by atoms with Gasteiger partial charge in [-0.05, 0) is 32.1 Å². The maximum atomic E-state index is 12.7. The van der Waals surface area contributed by atoms with Gasteiger partial charge in [-0.3, -0.25) is 24.0 Å². The van der Waals surface area contributed by atoms with Crippen LogP contribution >= 0.6 is 0 Å². The van der Waals surface area contributed by atoms with Gasteiger partial charge in [-0.25, -0.2) is 0 Å². The van der Waals surface area contributed by atoms with Crippen molar-refractivity contribution in [3.63, 3.8) is 0 Å². The molecule has 1 N–H and O–H groups in total. The first kappa shape index (κ1) is 34.1. The number of hydrogen-bond donors (Lipinski definition) is 1. The van der Waals surface area contributed by atoms with Gasteiger partial charge in [0.25, 0.3) is 0 Å². The minimum Gasteiger partial charge on any atom is -0.462 e. The maximum Gasteiger partial charge on any atom is 0.309 e. The molecule has 1 saturated carbocycles. The molecular formula is C29H44O12. The molecule has 2 rings (SSSR count). The largest absolute Gasteiger partial charge is 0.462 e. The Labute approximate surface area is 241 Å². The number of rotatable bonds is 13. The lowest BCUT2D eigenvalue weighted by molar-refractivity contribution is -0.226. The van der Waals surface area contributed by atoms with E-state index in [9.17, 15) is 29.1 Å². The van der Waals surface area contributed by atoms with Crippen LogP contribution < -0.4 is 0 Å². The maximum absolute atomic E-state index is 12.7. The fourth-order valence-corrected chi connectivity index (χ4v) is 5.15. The summed E-state index contributed by atoms with van der Waals surface area (Å²) in [5.41, 5.74) is -2.72. The summed E-state index contributed by atoms with van der Waals surface area (Å²) in [6.45, 7) is 12.1. The van der Waals surface area contributed by atoms with E-state index >= 15 is 0 Å². The predicted octanol–water partition coefficient (Wildman–Crippen LogP) is 2.98. The van der Waals surface area contributed by atoms with E-state index in [0.717, 1.165) is 0 Å². The van der Waals surface area contributed by atoms with E-state index in [-0.39, 0.29) is 44.1 Å². The van der Waals surface area contributed by atoms with Crippen molar-refractivity contribution in [1.29, 1.82) is 0 Å². The van der Waals surface area contributed by atoms with Crippen LogP contribution in [0.5, 0.6) is 0 Å². The number of hydrogen-bond acceptors (Lipinski definition) is 12. The molecule has 2 aliphatic rings. The standard InChI is InChI=1S/C29H44O12/c1-16(2)9-23(32)36-13-20-14-37-27(40-24(33)10-17(3)4)26-21(20)11-22(39-18(5)30)29(26,35)15-38-25(34)12-28(7,8)41-19(6)31/h14,16-17,21-22,26-27,35H,9-13,15H2,1-8H3. The Balaban J connectivity index is 2.37. The molecule has 0 saturated heterocycles. The van der Waals surface area contributed by atoms with Crippen LogP contribution in [-0.2, 0) is 52.4 Å². The first-order valence-electron chi connectivity index (χ1n) is 13.9. The molecule has 0 aromatic heterocycles. The van der Waals surface area contributed by atoms with Gasteiger partial charge in [-0.15, -0.1) is 0 Å². The van der Waals surface area contributed by atoms with Crippen molar-refractivity contribution in [3.8, 4) is 0 Å². The van der Waals surface area contributed by atoms with E-state index in [4.69, 9.17) is 28.4 Å². The van der Waals surface area contributed by atoms with Crippen LogP contribution in [0.2, 0.25) is 0 Å². The molecule has 12 nitrogen and oxygen atoms in total. The zero-order chi connectivity index (χ0) is 31.1. The second-order valence-electron chi connectivity index (χ2n) is 12.2. The van der Waals surface area contributed by atoms with Gasteiger partial charge in [0.05, 0.1) is 18.6 Å². The summed E-state index contributed by atoms with van der Waals surface area (Å²) >= 11 is 0. The van der Waals surface area contributed by atoms with Gasteiger partial charge in [0.2, 0.25) is 6.29 Å². The normalized spacial score (nSPS) is 25.5. The van der Waals surface area contributed by atoms with Crippen molar-refractivity contribution in [2.24, 2.45) is 23.7 Å². The second kappa shape index (κ2) is 14.2. The Morgan fingerprint density at radius 3 is 2.12 bits per heavy atom. The fraction of sp³-hybridized carbons (Fsp3) is 0.759. The van der Waals surface area contributed by atoms with Crippen molar-refractivity contribution in [2.75, 3.05) is 13.2 Å². The zero-order valence-electron chi connectivity index (χ0n) is 25.2. The zero-order valence-corrected chi connectivity index (χ0v) is 25.2. The Morgan fingerprint density at radius 1 is 0.951 bits per heavy atom. The Morgan fingerprint density at radius 2 is 1.56 bits per heavy atom. The van der Waals surface area contributed by atoms with Crippen LogP contribution in [0.25, 0.3) is 0 Å². The molecule has 0 bridgehead atoms. The molecule has 232 valence electrons. The molecule has 1 fully saturated rings. The molecule has 0 aromatic carbocycles. The first-order chi connectivity index (χ1) is 18.9. The molecule has 12 heteroatoms. The van der Waals surface area contributed by atoms with Gasteiger partial charge in [0.1, 0.15) is 30.5 Å². The summed E-state index contributed by atoms with van der Waals surface area (Å²) in [7, 11) is 0. The third-order valence-corrected chi connectivity index (χ3v) is 6.72. The molecule has 0 amide bonds. The summed E-state index contributed by atoms with van der Waals surface area (Å²) in [4.78, 5) is 60.9. The van der Waals surface area contributed by atoms with Gasteiger partial charge in [-0.2, -0.15) is 0 Å². The van der Waals surface area contributed by atoms with Crippen LogP contribution in [-0.4, -0.2) is 71.8 Å². The van der Waals surface area contributed by atoms with E-state index in [1.807, 2.05) is 27.7 Å². The second-order valence-corrected chi connectivity index (χ2v) is 12.2. The third kappa shape index (κ3) is 10.0. The van der Waals surface area contributed by atoms with Gasteiger partial charge in [-0.1, -0.05) is 27.7 Å². The number of aliphatic hydroxyl groups is 1. The monoisotopic (exact) mass is 584 g/mol. The van der Waals surface area contributed by atoms with Crippen molar-refractivity contribution < 1.29 is 57.5 Å². The van der Waals surface area contributed by atoms with Gasteiger partial charge >= 0.3 is 29.8 Å². The number of carbonyl (C=O) groups excluding carboxylic acids is 5. The van der Waals surface area contributed by atoms with E-state index in [1.54, 1.807) is 0 Å². The topological polar surface area (TPSA) is 161 Å². The Hall–Kier alpha value is -3.15. The lowest BCUT2D eigenvalue weighted by Crippen LogP contribution is -2.55. The molecule has 5 atom stereocenters. The van der Waals surface area contributed by atoms with Crippen LogP contribution in [0.4, 0.5) is 0 Å². The molecule has 5 unspecified atom stereocenters. The van der Waals surface area contributed by atoms with Gasteiger partial charge < -0.3 is 33.5 Å². The number of ether oxygens (including phenoxy) is 6. The summed E-state index contributed by atoms with van der Waals surface area (Å²) in [6.07, 6.45) is -1.09. The summed E-state index contributed by atoms with van der Waals surface area (Å²) in [6, 6.07) is 0. The molecule has 0 spiro atoms. The highest BCUT2D eigenvalue weighted by atomic mass is 16.7. The molecule has 1 aliphatic carbocycles. The molecule has 0 aromatic rings. The van der Waals surface area contributed by atoms with Crippen molar-refractivity contribution in [1.82, 2.24) is 0 Å². The third-order valence-electron chi connectivity index (χ3n) is 6.72. The van der Waals surface area contributed by atoms with E-state index < -0.39 is 71.9 Å². The van der Waals surface area contributed by atoms with Crippen molar-refractivity contribution in [3.05, 3.63) is 11.8 Å². The highest BCUT2D eigenvalue weighted by molar-refractivity contribution is 5.72. The Bertz CT molecular complexity index is 1010. The van der Waals surface area contributed by atoms with Crippen molar-refractivity contribution >= 4 is 29.8 Å². The molecule has 41 heavy (non-hydrogen) atoms. The first-order valence-corrected chi connectivity index (χ1v) is 13.9. The number of fused-ring (bicyclic) bond motifs is 1. The average Bonchev–Trinajstić information content (AvgIpc) is 3.07. The van der Waals surface area contributed by atoms with Gasteiger partial charge in [0, 0.05) is 38.2 Å². The van der Waals surface area contributed by atoms with Crippen LogP contribution in [0.3, 0.4) is 0 Å². The summed E-state index contributed by atoms with van der Waals surface area (Å²) < 4.78 is 32.8. The predicted molar refractivity (Wildman–Crippen MR) is 142 cm³/mol. The quantitative estimate of drug-likeness (QED) is 0.249. The van der Waals surface area contributed by atoms with Crippen LogP contribution in [0.1, 0.15) is 81.1 Å². The van der Waals surface area contributed by atoms with Crippen LogP contribution in [0, 0.1) is 23.7 Å². The SMILES string of the molecule is CC(=O)OC1CC2C(COC(=O)CC(C)C)=COC(OC(=O)CC(C)C)C2C1(O)COC(=O)CC(C)(C)OC(C)=O. The van der Waals surface area contributed by atoms with Crippen molar-refractivity contribution in [2.45, 2.75) is 105 Å². The lowest BCUT2D eigenvalue weighted by Gasteiger charge is -2.40. The summed E-state index contributed by atoms with van der Waals surface area (Å²) in [5.74, 6) is -4.60. The fourth-order valence-electron chi connectivity index (χ4n) is 5.15. The van der Waals surface area contributed by atoms with Crippen LogP contribution in [0.15, 0.2) is 11.8 Å². The van der Waals surface area contributed by atoms with E-state index in [2.05, 4.69) is 0 Å². The minimum absolute atomic E-state index is 0.00820. The summed E-state index contributed by atoms with van der Waals surface area (Å²) in [5, 5.41) is 12.0. The molecule has 1 heterocycles. The highest BCUT2D eigenvalue weighted by Gasteiger charge is 2.63. The lowest BCUT2D eigenvalue weighted by atomic mass is 9.80. The van der Waals surface area contributed by atoms with E-state index in [0.29, 0.717) is 5.57 Å². The average molecular weight is 585 g/mol. The number of esters is 5. The van der Waals surface area contributed by atoms with E-state index in [1.165, 1.54) is 34.0 Å². The number of carbonyl (C=O) groups is 5. The molecule has 1 aliphatic heterocycles. The minimum atomic E-state index is -2.04. The molecule has 0 radical (unpaired) electrons. The Kier molecular flexibility index (Phi) is 11.8.